The van der Waals surface area contributed by atoms with Crippen LogP contribution in [-0.4, -0.2) is 47.2 Å². The van der Waals surface area contributed by atoms with Crippen LogP contribution >= 0.6 is 11.3 Å². The summed E-state index contributed by atoms with van der Waals surface area (Å²) < 4.78 is 10.2. The Labute approximate surface area is 149 Å². The second-order valence-electron chi connectivity index (χ2n) is 6.39. The lowest BCUT2D eigenvalue weighted by molar-refractivity contribution is -0.133. The van der Waals surface area contributed by atoms with Crippen LogP contribution in [0.25, 0.3) is 10.6 Å². The molecule has 2 aromatic rings. The number of amides is 1. The Hall–Kier alpha value is -2.41. The lowest BCUT2D eigenvalue weighted by Crippen LogP contribution is -2.48. The summed E-state index contributed by atoms with van der Waals surface area (Å²) in [6, 6.07) is 9.95. The number of rotatable bonds is 3. The number of benzene rings is 1. The van der Waals surface area contributed by atoms with Crippen LogP contribution in [0.3, 0.4) is 0 Å². The van der Waals surface area contributed by atoms with Crippen molar-refractivity contribution in [1.29, 1.82) is 0 Å². The first kappa shape index (κ1) is 16.1. The molecule has 2 aliphatic heterocycles. The van der Waals surface area contributed by atoms with E-state index in [1.165, 1.54) is 0 Å². The van der Waals surface area contributed by atoms with Crippen molar-refractivity contribution in [2.24, 2.45) is 0 Å². The smallest absolute Gasteiger partial charge is 0.430 e. The van der Waals surface area contributed by atoms with Crippen LogP contribution in [-0.2, 0) is 20.7 Å². The molecule has 0 bridgehead atoms. The third kappa shape index (κ3) is 3.37. The fourth-order valence-corrected chi connectivity index (χ4v) is 4.03. The second-order valence-corrected chi connectivity index (χ2v) is 7.25. The summed E-state index contributed by atoms with van der Waals surface area (Å²) in [5.41, 5.74) is 1.33. The van der Waals surface area contributed by atoms with Gasteiger partial charge in [-0.25, -0.2) is 9.78 Å². The standard InChI is InChI=1S/C18H18N2O4S/c21-15(20-8-6-18(7-9-20)12-23-17(22)24-18)10-14-11-25-16(19-14)13-4-2-1-3-5-13/h1-5,11H,6-10,12H2. The van der Waals surface area contributed by atoms with Gasteiger partial charge in [-0.15, -0.1) is 11.3 Å². The van der Waals surface area contributed by atoms with Crippen LogP contribution < -0.4 is 0 Å². The molecule has 3 heterocycles. The first-order valence-electron chi connectivity index (χ1n) is 8.27. The van der Waals surface area contributed by atoms with Crippen LogP contribution in [0.2, 0.25) is 0 Å². The number of nitrogens with zero attached hydrogens (tertiary/aromatic N) is 2. The van der Waals surface area contributed by atoms with Gasteiger partial charge in [-0.05, 0) is 0 Å². The van der Waals surface area contributed by atoms with E-state index in [1.807, 2.05) is 40.6 Å². The van der Waals surface area contributed by atoms with Gasteiger partial charge in [0, 0.05) is 36.9 Å². The minimum Gasteiger partial charge on any atom is -0.430 e. The monoisotopic (exact) mass is 358 g/mol. The molecule has 1 aromatic carbocycles. The lowest BCUT2D eigenvalue weighted by atomic mass is 9.92. The van der Waals surface area contributed by atoms with Crippen molar-refractivity contribution in [1.82, 2.24) is 9.88 Å². The summed E-state index contributed by atoms with van der Waals surface area (Å²) in [5.74, 6) is 0.0602. The number of cyclic esters (lactones) is 1. The molecule has 7 heteroatoms. The molecule has 2 saturated heterocycles. The van der Waals surface area contributed by atoms with Crippen molar-refractivity contribution >= 4 is 23.4 Å². The van der Waals surface area contributed by atoms with E-state index >= 15 is 0 Å². The van der Waals surface area contributed by atoms with E-state index in [4.69, 9.17) is 9.47 Å². The molecule has 4 rings (SSSR count). The molecular weight excluding hydrogens is 340 g/mol. The maximum Gasteiger partial charge on any atom is 0.509 e. The van der Waals surface area contributed by atoms with Gasteiger partial charge in [-0.2, -0.15) is 0 Å². The summed E-state index contributed by atoms with van der Waals surface area (Å²) in [6.45, 7) is 1.44. The summed E-state index contributed by atoms with van der Waals surface area (Å²) >= 11 is 1.55. The molecule has 0 aliphatic carbocycles. The van der Waals surface area contributed by atoms with Gasteiger partial charge in [0.15, 0.2) is 5.60 Å². The predicted molar refractivity (Wildman–Crippen MR) is 92.2 cm³/mol. The highest BCUT2D eigenvalue weighted by Gasteiger charge is 2.45. The quantitative estimate of drug-likeness (QED) is 0.789. The zero-order valence-corrected chi connectivity index (χ0v) is 14.5. The summed E-state index contributed by atoms with van der Waals surface area (Å²) in [6.07, 6.45) is 0.941. The van der Waals surface area contributed by atoms with Gasteiger partial charge in [-0.1, -0.05) is 30.3 Å². The van der Waals surface area contributed by atoms with Gasteiger partial charge < -0.3 is 14.4 Å². The SMILES string of the molecule is O=C1OCC2(CCN(C(=O)Cc3csc(-c4ccccc4)n3)CC2)O1. The molecule has 0 radical (unpaired) electrons. The highest BCUT2D eigenvalue weighted by atomic mass is 32.1. The highest BCUT2D eigenvalue weighted by Crippen LogP contribution is 2.32. The van der Waals surface area contributed by atoms with Crippen molar-refractivity contribution in [3.05, 3.63) is 41.4 Å². The number of carbonyl (C=O) groups excluding carboxylic acids is 2. The minimum atomic E-state index is -0.601. The average Bonchev–Trinajstić information content (AvgIpc) is 3.24. The van der Waals surface area contributed by atoms with Crippen LogP contribution in [0.4, 0.5) is 4.79 Å². The molecule has 0 atom stereocenters. The van der Waals surface area contributed by atoms with Crippen LogP contribution in [0.5, 0.6) is 0 Å². The van der Waals surface area contributed by atoms with E-state index in [2.05, 4.69) is 4.98 Å². The summed E-state index contributed by atoms with van der Waals surface area (Å²) in [4.78, 5) is 30.1. The summed E-state index contributed by atoms with van der Waals surface area (Å²) in [7, 11) is 0. The van der Waals surface area contributed by atoms with Gasteiger partial charge in [0.1, 0.15) is 11.6 Å². The highest BCUT2D eigenvalue weighted by molar-refractivity contribution is 7.13. The number of carbonyl (C=O) groups is 2. The Morgan fingerprint density at radius 3 is 2.68 bits per heavy atom. The van der Waals surface area contributed by atoms with Crippen molar-refractivity contribution in [2.45, 2.75) is 24.9 Å². The van der Waals surface area contributed by atoms with Crippen LogP contribution in [0, 0.1) is 0 Å². The molecule has 1 spiro atoms. The fraction of sp³-hybridized carbons (Fsp3) is 0.389. The molecule has 25 heavy (non-hydrogen) atoms. The second kappa shape index (κ2) is 6.48. The van der Waals surface area contributed by atoms with Crippen molar-refractivity contribution in [3.8, 4) is 10.6 Å². The predicted octanol–water partition coefficient (Wildman–Crippen LogP) is 2.88. The number of hydrogen-bond donors (Lipinski definition) is 0. The lowest BCUT2D eigenvalue weighted by Gasteiger charge is -2.36. The Balaban J connectivity index is 1.35. The Kier molecular flexibility index (Phi) is 4.17. The van der Waals surface area contributed by atoms with Gasteiger partial charge in [-0.3, -0.25) is 4.79 Å². The van der Waals surface area contributed by atoms with E-state index < -0.39 is 11.8 Å². The third-order valence-electron chi connectivity index (χ3n) is 4.69. The van der Waals surface area contributed by atoms with Gasteiger partial charge in [0.05, 0.1) is 12.1 Å². The largest absolute Gasteiger partial charge is 0.509 e. The molecule has 0 unspecified atom stereocenters. The normalized spacial score (nSPS) is 18.9. The number of piperidine rings is 1. The van der Waals surface area contributed by atoms with E-state index in [0.717, 1.165) is 16.3 Å². The molecule has 130 valence electrons. The number of likely N-dealkylation sites (tertiary alicyclic amines) is 1. The Bertz CT molecular complexity index is 781. The van der Waals surface area contributed by atoms with E-state index in [0.29, 0.717) is 39.0 Å². The number of thiazole rings is 1. The molecular formula is C18H18N2O4S. The van der Waals surface area contributed by atoms with Gasteiger partial charge >= 0.3 is 6.16 Å². The first-order chi connectivity index (χ1) is 12.1. The minimum absolute atomic E-state index is 0.0602. The van der Waals surface area contributed by atoms with E-state index in [-0.39, 0.29) is 5.91 Å². The van der Waals surface area contributed by atoms with Crippen molar-refractivity contribution in [2.75, 3.05) is 19.7 Å². The fourth-order valence-electron chi connectivity index (χ4n) is 3.20. The molecule has 2 aliphatic rings. The maximum absolute atomic E-state index is 12.5. The number of ether oxygens (including phenoxy) is 2. The number of hydrogen-bond acceptors (Lipinski definition) is 6. The van der Waals surface area contributed by atoms with Crippen molar-refractivity contribution in [3.63, 3.8) is 0 Å². The third-order valence-corrected chi connectivity index (χ3v) is 5.63. The van der Waals surface area contributed by atoms with Gasteiger partial charge in [0.2, 0.25) is 5.91 Å². The molecule has 1 aromatic heterocycles. The average molecular weight is 358 g/mol. The van der Waals surface area contributed by atoms with Gasteiger partial charge in [0.25, 0.3) is 0 Å². The summed E-state index contributed by atoms with van der Waals surface area (Å²) in [5, 5.41) is 2.87. The Morgan fingerprint density at radius 1 is 1.24 bits per heavy atom. The maximum atomic E-state index is 12.5. The first-order valence-corrected chi connectivity index (χ1v) is 9.15. The zero-order chi connectivity index (χ0) is 17.3. The van der Waals surface area contributed by atoms with E-state index in [1.54, 1.807) is 11.3 Å². The van der Waals surface area contributed by atoms with Crippen LogP contribution in [0.15, 0.2) is 35.7 Å². The van der Waals surface area contributed by atoms with Crippen molar-refractivity contribution < 1.29 is 19.1 Å². The zero-order valence-electron chi connectivity index (χ0n) is 13.6. The topological polar surface area (TPSA) is 68.7 Å². The van der Waals surface area contributed by atoms with Crippen LogP contribution in [0.1, 0.15) is 18.5 Å². The molecule has 6 nitrogen and oxygen atoms in total. The molecule has 1 amide bonds. The molecule has 2 fully saturated rings. The Morgan fingerprint density at radius 2 is 2.00 bits per heavy atom. The molecule has 0 saturated carbocycles. The number of aromatic nitrogens is 1. The van der Waals surface area contributed by atoms with E-state index in [9.17, 15) is 9.59 Å². The molecule has 0 N–H and O–H groups in total.